The molecule has 5 heteroatoms. The summed E-state index contributed by atoms with van der Waals surface area (Å²) in [6.07, 6.45) is 5.27. The van der Waals surface area contributed by atoms with Gasteiger partial charge in [-0.1, -0.05) is 35.7 Å². The topological polar surface area (TPSA) is 29.1 Å². The van der Waals surface area contributed by atoms with Gasteiger partial charge in [-0.05, 0) is 43.7 Å². The Morgan fingerprint density at radius 2 is 2.10 bits per heavy atom. The van der Waals surface area contributed by atoms with Crippen molar-refractivity contribution in [2.75, 3.05) is 12.0 Å². The van der Waals surface area contributed by atoms with Gasteiger partial charge in [0.2, 0.25) is 5.91 Å². The molecule has 20 heavy (non-hydrogen) atoms. The number of carbonyl (C=O) groups excluding carboxylic acids is 1. The van der Waals surface area contributed by atoms with Gasteiger partial charge in [-0.2, -0.15) is 11.8 Å². The van der Waals surface area contributed by atoms with Crippen molar-refractivity contribution in [1.82, 2.24) is 5.32 Å². The van der Waals surface area contributed by atoms with E-state index >= 15 is 0 Å². The van der Waals surface area contributed by atoms with Gasteiger partial charge in [0, 0.05) is 11.5 Å². The van der Waals surface area contributed by atoms with E-state index in [0.717, 1.165) is 12.8 Å². The van der Waals surface area contributed by atoms with E-state index in [-0.39, 0.29) is 17.4 Å². The lowest BCUT2D eigenvalue weighted by Gasteiger charge is -2.47. The quantitative estimate of drug-likeness (QED) is 0.872. The molecule has 1 aliphatic rings. The van der Waals surface area contributed by atoms with Gasteiger partial charge in [0.05, 0.1) is 15.8 Å². The van der Waals surface area contributed by atoms with E-state index in [1.54, 1.807) is 0 Å². The van der Waals surface area contributed by atoms with Crippen LogP contribution in [0.2, 0.25) is 10.0 Å². The second-order valence-corrected chi connectivity index (χ2v) is 7.04. The van der Waals surface area contributed by atoms with Gasteiger partial charge in [0.1, 0.15) is 0 Å². The predicted molar refractivity (Wildman–Crippen MR) is 88.0 cm³/mol. The first-order chi connectivity index (χ1) is 9.49. The minimum atomic E-state index is 0.00228. The summed E-state index contributed by atoms with van der Waals surface area (Å²) in [5.41, 5.74) is 1.18. The van der Waals surface area contributed by atoms with Crippen LogP contribution in [0.15, 0.2) is 18.2 Å². The zero-order chi connectivity index (χ0) is 14.8. The minimum Gasteiger partial charge on any atom is -0.352 e. The van der Waals surface area contributed by atoms with Gasteiger partial charge in [-0.3, -0.25) is 4.79 Å². The molecule has 0 radical (unpaired) electrons. The van der Waals surface area contributed by atoms with E-state index in [4.69, 9.17) is 23.2 Å². The molecule has 1 saturated carbocycles. The fraction of sp³-hybridized carbons (Fsp3) is 0.533. The zero-order valence-electron chi connectivity index (χ0n) is 11.7. The third-order valence-corrected chi connectivity index (χ3v) is 5.51. The second kappa shape index (κ2) is 6.59. The van der Waals surface area contributed by atoms with Gasteiger partial charge in [-0.15, -0.1) is 0 Å². The molecule has 1 aliphatic carbocycles. The van der Waals surface area contributed by atoms with Crippen molar-refractivity contribution >= 4 is 40.9 Å². The minimum absolute atomic E-state index is 0.00228. The average Bonchev–Trinajstić information content (AvgIpc) is 2.32. The second-order valence-electron chi connectivity index (χ2n) is 5.36. The maximum atomic E-state index is 11.8. The van der Waals surface area contributed by atoms with Crippen LogP contribution in [0.4, 0.5) is 0 Å². The molecule has 1 amide bonds. The van der Waals surface area contributed by atoms with E-state index < -0.39 is 0 Å². The van der Waals surface area contributed by atoms with Crippen molar-refractivity contribution < 1.29 is 4.79 Å². The molecule has 0 spiro atoms. The number of halogens is 2. The molecule has 0 aliphatic heterocycles. The fourth-order valence-electron chi connectivity index (χ4n) is 2.89. The average molecular weight is 332 g/mol. The summed E-state index contributed by atoms with van der Waals surface area (Å²) >= 11 is 13.7. The monoisotopic (exact) mass is 331 g/mol. The van der Waals surface area contributed by atoms with E-state index in [2.05, 4.69) is 12.2 Å². The third kappa shape index (κ3) is 3.10. The highest BCUT2D eigenvalue weighted by Crippen LogP contribution is 2.47. The SMILES string of the molecule is CSCC(=O)NC(C)C1(c2ccc(Cl)c(Cl)c2)CCC1. The fourth-order valence-corrected chi connectivity index (χ4v) is 3.53. The highest BCUT2D eigenvalue weighted by atomic mass is 35.5. The van der Waals surface area contributed by atoms with E-state index in [9.17, 15) is 4.79 Å². The predicted octanol–water partition coefficient (Wildman–Crippen LogP) is 4.28. The molecule has 0 saturated heterocycles. The summed E-state index contributed by atoms with van der Waals surface area (Å²) in [5.74, 6) is 0.596. The van der Waals surface area contributed by atoms with Crippen LogP contribution in [0.25, 0.3) is 0 Å². The van der Waals surface area contributed by atoms with Crippen molar-refractivity contribution in [2.24, 2.45) is 0 Å². The Morgan fingerprint density at radius 3 is 2.60 bits per heavy atom. The Hall–Kier alpha value is -0.380. The van der Waals surface area contributed by atoms with Crippen LogP contribution >= 0.6 is 35.0 Å². The summed E-state index contributed by atoms with van der Waals surface area (Å²) in [7, 11) is 0. The molecule has 1 N–H and O–H groups in total. The Balaban J connectivity index is 2.20. The van der Waals surface area contributed by atoms with Crippen LogP contribution in [-0.2, 0) is 10.2 Å². The number of rotatable bonds is 5. The van der Waals surface area contributed by atoms with Gasteiger partial charge in [-0.25, -0.2) is 0 Å². The normalized spacial score (nSPS) is 18.2. The Kier molecular flexibility index (Phi) is 5.27. The molecular weight excluding hydrogens is 313 g/mol. The summed E-state index contributed by atoms with van der Waals surface area (Å²) in [4.78, 5) is 11.8. The summed E-state index contributed by atoms with van der Waals surface area (Å²) in [5, 5.41) is 4.27. The van der Waals surface area contributed by atoms with Gasteiger partial charge in [0.15, 0.2) is 0 Å². The molecule has 1 aromatic carbocycles. The van der Waals surface area contributed by atoms with Crippen LogP contribution in [0.1, 0.15) is 31.7 Å². The first kappa shape index (κ1) is 16.0. The largest absolute Gasteiger partial charge is 0.352 e. The summed E-state index contributed by atoms with van der Waals surface area (Å²) in [6, 6.07) is 5.92. The molecule has 0 heterocycles. The maximum Gasteiger partial charge on any atom is 0.230 e. The number of hydrogen-bond acceptors (Lipinski definition) is 2. The molecule has 1 fully saturated rings. The van der Waals surface area contributed by atoms with Crippen molar-refractivity contribution in [1.29, 1.82) is 0 Å². The lowest BCUT2D eigenvalue weighted by molar-refractivity contribution is -0.119. The number of amides is 1. The highest BCUT2D eigenvalue weighted by molar-refractivity contribution is 7.99. The molecule has 2 nitrogen and oxygen atoms in total. The third-order valence-electron chi connectivity index (χ3n) is 4.22. The van der Waals surface area contributed by atoms with Crippen molar-refractivity contribution in [3.05, 3.63) is 33.8 Å². The molecule has 1 unspecified atom stereocenters. The van der Waals surface area contributed by atoms with Crippen molar-refractivity contribution in [3.8, 4) is 0 Å². The Bertz CT molecular complexity index is 503. The molecule has 110 valence electrons. The number of nitrogens with one attached hydrogen (secondary N) is 1. The van der Waals surface area contributed by atoms with Crippen LogP contribution in [0.3, 0.4) is 0 Å². The van der Waals surface area contributed by atoms with Gasteiger partial charge >= 0.3 is 0 Å². The van der Waals surface area contributed by atoms with E-state index in [1.807, 2.05) is 24.5 Å². The Labute approximate surface area is 134 Å². The maximum absolute atomic E-state index is 11.8. The van der Waals surface area contributed by atoms with E-state index in [0.29, 0.717) is 15.8 Å². The number of thioether (sulfide) groups is 1. The number of carbonyl (C=O) groups is 1. The molecular formula is C15H19Cl2NOS. The first-order valence-electron chi connectivity index (χ1n) is 6.73. The number of hydrogen-bond donors (Lipinski definition) is 1. The first-order valence-corrected chi connectivity index (χ1v) is 8.88. The van der Waals surface area contributed by atoms with Crippen LogP contribution in [0, 0.1) is 0 Å². The van der Waals surface area contributed by atoms with E-state index in [1.165, 1.54) is 23.7 Å². The highest BCUT2D eigenvalue weighted by Gasteiger charge is 2.44. The Morgan fingerprint density at radius 1 is 1.40 bits per heavy atom. The molecule has 0 aromatic heterocycles. The van der Waals surface area contributed by atoms with Crippen molar-refractivity contribution in [3.63, 3.8) is 0 Å². The molecule has 0 bridgehead atoms. The van der Waals surface area contributed by atoms with Gasteiger partial charge in [0.25, 0.3) is 0 Å². The summed E-state index contributed by atoms with van der Waals surface area (Å²) < 4.78 is 0. The number of benzene rings is 1. The standard InChI is InChI=1S/C15H19Cl2NOS/c1-10(18-14(19)9-20-2)15(6-3-7-15)11-4-5-12(16)13(17)8-11/h4-5,8,10H,3,6-7,9H2,1-2H3,(H,18,19). The van der Waals surface area contributed by atoms with Gasteiger partial charge < -0.3 is 5.32 Å². The summed E-state index contributed by atoms with van der Waals surface area (Å²) in [6.45, 7) is 2.08. The molecule has 1 aromatic rings. The lowest BCUT2D eigenvalue weighted by Crippen LogP contribution is -2.53. The zero-order valence-corrected chi connectivity index (χ0v) is 14.0. The smallest absolute Gasteiger partial charge is 0.230 e. The van der Waals surface area contributed by atoms with Crippen LogP contribution in [-0.4, -0.2) is 24.0 Å². The van der Waals surface area contributed by atoms with Crippen molar-refractivity contribution in [2.45, 2.75) is 37.6 Å². The van der Waals surface area contributed by atoms with Crippen LogP contribution < -0.4 is 5.32 Å². The molecule has 1 atom stereocenters. The van der Waals surface area contributed by atoms with Crippen LogP contribution in [0.5, 0.6) is 0 Å². The lowest BCUT2D eigenvalue weighted by atomic mass is 9.60. The molecule has 2 rings (SSSR count).